The van der Waals surface area contributed by atoms with E-state index >= 15 is 0 Å². The molecule has 0 aliphatic carbocycles. The number of nitrogens with one attached hydrogen (secondary N) is 1. The van der Waals surface area contributed by atoms with Gasteiger partial charge in [0.25, 0.3) is 5.91 Å². The van der Waals surface area contributed by atoms with E-state index in [9.17, 15) is 9.59 Å². The van der Waals surface area contributed by atoms with E-state index in [1.807, 2.05) is 0 Å². The zero-order chi connectivity index (χ0) is 15.2. The fourth-order valence-electron chi connectivity index (χ4n) is 1.67. The fourth-order valence-corrected chi connectivity index (χ4v) is 2.33. The Morgan fingerprint density at radius 1 is 1.38 bits per heavy atom. The predicted molar refractivity (Wildman–Crippen MR) is 80.4 cm³/mol. The maximum Gasteiger partial charge on any atom is 0.340 e. The van der Waals surface area contributed by atoms with Gasteiger partial charge in [-0.15, -0.1) is 11.3 Å². The Morgan fingerprint density at radius 2 is 2.14 bits per heavy atom. The van der Waals surface area contributed by atoms with Gasteiger partial charge in [0.15, 0.2) is 0 Å². The lowest BCUT2D eigenvalue weighted by molar-refractivity contribution is 0.0527. The summed E-state index contributed by atoms with van der Waals surface area (Å²) in [6, 6.07) is 6.67. The highest BCUT2D eigenvalue weighted by Gasteiger charge is 2.16. The van der Waals surface area contributed by atoms with Crippen molar-refractivity contribution >= 4 is 28.9 Å². The van der Waals surface area contributed by atoms with E-state index in [2.05, 4.69) is 10.3 Å². The Kier molecular flexibility index (Phi) is 5.02. The summed E-state index contributed by atoms with van der Waals surface area (Å²) in [5, 5.41) is 4.98. The first-order chi connectivity index (χ1) is 10.2. The van der Waals surface area contributed by atoms with Gasteiger partial charge in [0, 0.05) is 11.9 Å². The first-order valence-electron chi connectivity index (χ1n) is 6.37. The molecule has 0 bridgehead atoms. The fraction of sp³-hybridized carbons (Fsp3) is 0.214. The quantitative estimate of drug-likeness (QED) is 0.824. The molecular formula is C14H15N3O3S. The van der Waals surface area contributed by atoms with E-state index in [0.29, 0.717) is 16.3 Å². The number of rotatable bonds is 5. The van der Waals surface area contributed by atoms with Gasteiger partial charge in [0.2, 0.25) is 0 Å². The van der Waals surface area contributed by atoms with Gasteiger partial charge in [-0.25, -0.2) is 9.78 Å². The van der Waals surface area contributed by atoms with Crippen LogP contribution in [0.5, 0.6) is 0 Å². The van der Waals surface area contributed by atoms with Crippen molar-refractivity contribution < 1.29 is 14.3 Å². The van der Waals surface area contributed by atoms with Crippen LogP contribution in [0.4, 0.5) is 5.69 Å². The van der Waals surface area contributed by atoms with Crippen LogP contribution in [0.25, 0.3) is 0 Å². The summed E-state index contributed by atoms with van der Waals surface area (Å²) in [6.45, 7) is 2.28. The zero-order valence-electron chi connectivity index (χ0n) is 11.5. The topological polar surface area (TPSA) is 94.3 Å². The third kappa shape index (κ3) is 3.65. The van der Waals surface area contributed by atoms with Crippen molar-refractivity contribution in [2.24, 2.45) is 5.73 Å². The van der Waals surface area contributed by atoms with Crippen molar-refractivity contribution in [3.05, 3.63) is 45.9 Å². The van der Waals surface area contributed by atoms with Gasteiger partial charge >= 0.3 is 5.97 Å². The monoisotopic (exact) mass is 305 g/mol. The number of ether oxygens (including phenoxy) is 1. The van der Waals surface area contributed by atoms with Gasteiger partial charge < -0.3 is 15.8 Å². The number of thiazole rings is 1. The summed E-state index contributed by atoms with van der Waals surface area (Å²) in [5.41, 5.74) is 6.44. The molecule has 3 N–H and O–H groups in total. The molecule has 0 saturated heterocycles. The van der Waals surface area contributed by atoms with Crippen LogP contribution in [0.3, 0.4) is 0 Å². The first-order valence-corrected chi connectivity index (χ1v) is 7.25. The molecule has 6 nitrogen and oxygen atoms in total. The minimum absolute atomic E-state index is 0.271. The Balaban J connectivity index is 2.19. The maximum absolute atomic E-state index is 12.1. The summed E-state index contributed by atoms with van der Waals surface area (Å²) in [6.07, 6.45) is 0. The van der Waals surface area contributed by atoms with Crippen LogP contribution in [-0.4, -0.2) is 23.5 Å². The number of nitrogens with two attached hydrogens (primary N) is 1. The standard InChI is InChI=1S/C14H15N3O3S/c1-2-20-14(19)9-5-3-4-6-10(9)17-13(18)11-8-21-12(7-15)16-11/h3-6,8H,2,7,15H2,1H3,(H,17,18). The Morgan fingerprint density at radius 3 is 2.81 bits per heavy atom. The van der Waals surface area contributed by atoms with E-state index in [1.54, 1.807) is 36.6 Å². The van der Waals surface area contributed by atoms with Gasteiger partial charge in [-0.2, -0.15) is 0 Å². The second kappa shape index (κ2) is 6.96. The molecule has 2 rings (SSSR count). The highest BCUT2D eigenvalue weighted by molar-refractivity contribution is 7.09. The van der Waals surface area contributed by atoms with Gasteiger partial charge in [-0.05, 0) is 19.1 Å². The number of carbonyl (C=O) groups is 2. The van der Waals surface area contributed by atoms with E-state index in [0.717, 1.165) is 0 Å². The number of amides is 1. The Labute approximate surface area is 125 Å². The number of hydrogen-bond acceptors (Lipinski definition) is 6. The van der Waals surface area contributed by atoms with Crippen molar-refractivity contribution in [2.75, 3.05) is 11.9 Å². The van der Waals surface area contributed by atoms with Gasteiger partial charge in [0.1, 0.15) is 10.7 Å². The summed E-state index contributed by atoms with van der Waals surface area (Å²) >= 11 is 1.32. The molecule has 1 aromatic carbocycles. The second-order valence-corrected chi connectivity index (χ2v) is 4.99. The summed E-state index contributed by atoms with van der Waals surface area (Å²) < 4.78 is 4.96. The first kappa shape index (κ1) is 15.1. The SMILES string of the molecule is CCOC(=O)c1ccccc1NC(=O)c1csc(CN)n1. The average Bonchev–Trinajstić information content (AvgIpc) is 2.97. The van der Waals surface area contributed by atoms with E-state index < -0.39 is 5.97 Å². The molecule has 0 fully saturated rings. The molecule has 110 valence electrons. The molecule has 0 aliphatic heterocycles. The highest BCUT2D eigenvalue weighted by atomic mass is 32.1. The Hall–Kier alpha value is -2.25. The number of para-hydroxylation sites is 1. The minimum atomic E-state index is -0.477. The summed E-state index contributed by atoms with van der Waals surface area (Å²) in [7, 11) is 0. The third-order valence-corrected chi connectivity index (χ3v) is 3.50. The largest absolute Gasteiger partial charge is 0.462 e. The Bertz CT molecular complexity index is 654. The van der Waals surface area contributed by atoms with Crippen molar-refractivity contribution in [2.45, 2.75) is 13.5 Å². The van der Waals surface area contributed by atoms with E-state index in [1.165, 1.54) is 11.3 Å². The molecular weight excluding hydrogens is 290 g/mol. The van der Waals surface area contributed by atoms with Crippen molar-refractivity contribution in [1.82, 2.24) is 4.98 Å². The van der Waals surface area contributed by atoms with E-state index in [4.69, 9.17) is 10.5 Å². The van der Waals surface area contributed by atoms with Crippen LogP contribution in [0.15, 0.2) is 29.6 Å². The zero-order valence-corrected chi connectivity index (χ0v) is 12.3. The molecule has 1 heterocycles. The van der Waals surface area contributed by atoms with Gasteiger partial charge in [-0.3, -0.25) is 4.79 Å². The molecule has 0 spiro atoms. The maximum atomic E-state index is 12.1. The highest BCUT2D eigenvalue weighted by Crippen LogP contribution is 2.18. The molecule has 7 heteroatoms. The van der Waals surface area contributed by atoms with Crippen LogP contribution in [-0.2, 0) is 11.3 Å². The number of aromatic nitrogens is 1. The van der Waals surface area contributed by atoms with Crippen molar-refractivity contribution in [3.63, 3.8) is 0 Å². The number of hydrogen-bond donors (Lipinski definition) is 2. The molecule has 21 heavy (non-hydrogen) atoms. The lowest BCUT2D eigenvalue weighted by atomic mass is 10.1. The van der Waals surface area contributed by atoms with Crippen LogP contribution in [0.2, 0.25) is 0 Å². The number of carbonyl (C=O) groups excluding carboxylic acids is 2. The number of anilines is 1. The molecule has 1 amide bonds. The normalized spacial score (nSPS) is 10.2. The molecule has 0 atom stereocenters. The minimum Gasteiger partial charge on any atom is -0.462 e. The van der Waals surface area contributed by atoms with Crippen LogP contribution in [0, 0.1) is 0 Å². The predicted octanol–water partition coefficient (Wildman–Crippen LogP) is 2.03. The molecule has 0 aliphatic rings. The van der Waals surface area contributed by atoms with Crippen molar-refractivity contribution in [3.8, 4) is 0 Å². The number of esters is 1. The molecule has 1 aromatic heterocycles. The van der Waals surface area contributed by atoms with E-state index in [-0.39, 0.29) is 24.8 Å². The number of benzene rings is 1. The summed E-state index contributed by atoms with van der Waals surface area (Å²) in [5.74, 6) is -0.864. The average molecular weight is 305 g/mol. The van der Waals surface area contributed by atoms with Crippen LogP contribution in [0.1, 0.15) is 32.8 Å². The lowest BCUT2D eigenvalue weighted by Crippen LogP contribution is -2.16. The van der Waals surface area contributed by atoms with Crippen LogP contribution < -0.4 is 11.1 Å². The molecule has 0 saturated carbocycles. The van der Waals surface area contributed by atoms with Gasteiger partial charge in [-0.1, -0.05) is 12.1 Å². The van der Waals surface area contributed by atoms with Gasteiger partial charge in [0.05, 0.1) is 17.9 Å². The molecule has 2 aromatic rings. The molecule has 0 radical (unpaired) electrons. The molecule has 0 unspecified atom stereocenters. The second-order valence-electron chi connectivity index (χ2n) is 4.05. The number of nitrogens with zero attached hydrogens (tertiary/aromatic N) is 1. The summed E-state index contributed by atoms with van der Waals surface area (Å²) in [4.78, 5) is 28.0. The smallest absolute Gasteiger partial charge is 0.340 e. The van der Waals surface area contributed by atoms with Crippen LogP contribution >= 0.6 is 11.3 Å². The van der Waals surface area contributed by atoms with Crippen molar-refractivity contribution in [1.29, 1.82) is 0 Å². The third-order valence-electron chi connectivity index (χ3n) is 2.63. The lowest BCUT2D eigenvalue weighted by Gasteiger charge is -2.09.